The van der Waals surface area contributed by atoms with Crippen LogP contribution >= 0.6 is 0 Å². The quantitative estimate of drug-likeness (QED) is 0.174. The Balaban J connectivity index is 4.58. The van der Waals surface area contributed by atoms with Crippen molar-refractivity contribution in [1.82, 2.24) is 0 Å². The zero-order valence-corrected chi connectivity index (χ0v) is 20.0. The zero-order valence-electron chi connectivity index (χ0n) is 19.0. The van der Waals surface area contributed by atoms with Gasteiger partial charge < -0.3 is 27.5 Å². The van der Waals surface area contributed by atoms with Crippen molar-refractivity contribution in [2.45, 2.75) is 78.7 Å². The van der Waals surface area contributed by atoms with E-state index < -0.39 is 8.80 Å². The molecule has 0 spiro atoms. The Kier molecular flexibility index (Phi) is 21.7. The van der Waals surface area contributed by atoms with Crippen LogP contribution in [0.2, 0.25) is 6.04 Å². The summed E-state index contributed by atoms with van der Waals surface area (Å²) in [5.41, 5.74) is 0. The lowest BCUT2D eigenvalue weighted by Crippen LogP contribution is -2.48. The average Bonchev–Trinajstić information content (AvgIpc) is 2.71. The molecule has 0 aliphatic carbocycles. The monoisotopic (exact) mass is 422 g/mol. The predicted molar refractivity (Wildman–Crippen MR) is 116 cm³/mol. The fourth-order valence-electron chi connectivity index (χ4n) is 2.84. The molecule has 0 aromatic heterocycles. The van der Waals surface area contributed by atoms with Crippen molar-refractivity contribution in [3.05, 3.63) is 0 Å². The van der Waals surface area contributed by atoms with E-state index in [0.29, 0.717) is 59.5 Å². The number of hydrogen-bond donors (Lipinski definition) is 0. The van der Waals surface area contributed by atoms with Gasteiger partial charge in [-0.15, -0.1) is 0 Å². The summed E-state index contributed by atoms with van der Waals surface area (Å²) >= 11 is 0. The number of hydrogen-bond acceptors (Lipinski definition) is 6. The molecule has 0 unspecified atom stereocenters. The summed E-state index contributed by atoms with van der Waals surface area (Å²) in [7, 11) is -2.76. The molecule has 170 valence electrons. The highest BCUT2D eigenvalue weighted by atomic mass is 28.4. The van der Waals surface area contributed by atoms with Gasteiger partial charge in [-0.25, -0.2) is 0 Å². The van der Waals surface area contributed by atoms with Crippen LogP contribution in [0, 0.1) is 0 Å². The molecule has 0 rings (SSSR count). The molecule has 0 amide bonds. The minimum atomic E-state index is -2.76. The molecule has 0 saturated heterocycles. The molecule has 0 aliphatic rings. The minimum Gasteiger partial charge on any atom is -0.379 e. The number of ether oxygens (including phenoxy) is 3. The predicted octanol–water partition coefficient (Wildman–Crippen LogP) is 4.84. The van der Waals surface area contributed by atoms with Crippen LogP contribution in [0.25, 0.3) is 0 Å². The van der Waals surface area contributed by atoms with Gasteiger partial charge in [-0.1, -0.05) is 45.4 Å². The van der Waals surface area contributed by atoms with Gasteiger partial charge in [0.05, 0.1) is 39.6 Å². The molecule has 0 bridgehead atoms. The second kappa shape index (κ2) is 21.7. The Labute approximate surface area is 174 Å². The lowest BCUT2D eigenvalue weighted by molar-refractivity contribution is 0.00318. The Morgan fingerprint density at radius 3 is 1.25 bits per heavy atom. The van der Waals surface area contributed by atoms with Crippen molar-refractivity contribution in [2.75, 3.05) is 59.5 Å². The highest BCUT2D eigenvalue weighted by molar-refractivity contribution is 6.60. The zero-order chi connectivity index (χ0) is 20.8. The van der Waals surface area contributed by atoms with Crippen molar-refractivity contribution in [3.8, 4) is 0 Å². The van der Waals surface area contributed by atoms with Gasteiger partial charge in [0.1, 0.15) is 0 Å². The van der Waals surface area contributed by atoms with E-state index in [0.717, 1.165) is 12.5 Å². The molecule has 0 aromatic rings. The first kappa shape index (κ1) is 28.0. The van der Waals surface area contributed by atoms with Crippen LogP contribution in [-0.2, 0) is 27.5 Å². The first-order valence-corrected chi connectivity index (χ1v) is 13.3. The molecular formula is C21H46O6Si. The van der Waals surface area contributed by atoms with Gasteiger partial charge in [-0.3, -0.25) is 0 Å². The fraction of sp³-hybridized carbons (Fsp3) is 1.00. The molecule has 0 fully saturated rings. The van der Waals surface area contributed by atoms with Gasteiger partial charge in [0.25, 0.3) is 0 Å². The summed E-state index contributed by atoms with van der Waals surface area (Å²) in [6, 6.07) is 0.838. The third-order valence-corrected chi connectivity index (χ3v) is 7.25. The van der Waals surface area contributed by atoms with Crippen molar-refractivity contribution in [2.24, 2.45) is 0 Å². The van der Waals surface area contributed by atoms with Crippen molar-refractivity contribution in [1.29, 1.82) is 0 Å². The van der Waals surface area contributed by atoms with Crippen molar-refractivity contribution in [3.63, 3.8) is 0 Å². The molecule has 0 aliphatic heterocycles. The van der Waals surface area contributed by atoms with Gasteiger partial charge in [0, 0.05) is 25.9 Å². The molecule has 28 heavy (non-hydrogen) atoms. The summed E-state index contributed by atoms with van der Waals surface area (Å²) in [4.78, 5) is 0. The molecule has 6 nitrogen and oxygen atoms in total. The minimum absolute atomic E-state index is 0.500. The fourth-order valence-corrected chi connectivity index (χ4v) is 5.39. The lowest BCUT2D eigenvalue weighted by atomic mass is 10.1. The Morgan fingerprint density at radius 2 is 0.857 bits per heavy atom. The summed E-state index contributed by atoms with van der Waals surface area (Å²) in [5, 5.41) is 0. The molecule has 0 N–H and O–H groups in total. The van der Waals surface area contributed by atoms with Crippen LogP contribution < -0.4 is 0 Å². The summed E-state index contributed by atoms with van der Waals surface area (Å²) in [5.74, 6) is 0. The maximum absolute atomic E-state index is 6.20. The molecule has 0 atom stereocenters. The average molecular weight is 423 g/mol. The van der Waals surface area contributed by atoms with Gasteiger partial charge >= 0.3 is 8.80 Å². The van der Waals surface area contributed by atoms with Crippen LogP contribution in [0.5, 0.6) is 0 Å². The topological polar surface area (TPSA) is 55.4 Å². The van der Waals surface area contributed by atoms with Gasteiger partial charge in [-0.2, -0.15) is 0 Å². The first-order valence-electron chi connectivity index (χ1n) is 11.4. The highest BCUT2D eigenvalue weighted by Gasteiger charge is 2.40. The maximum Gasteiger partial charge on any atom is 0.501 e. The first-order chi connectivity index (χ1) is 13.7. The van der Waals surface area contributed by atoms with Crippen molar-refractivity contribution < 1.29 is 27.5 Å². The molecular weight excluding hydrogens is 376 g/mol. The Morgan fingerprint density at radius 1 is 0.464 bits per heavy atom. The summed E-state index contributed by atoms with van der Waals surface area (Å²) in [6.45, 7) is 13.5. The van der Waals surface area contributed by atoms with Crippen LogP contribution in [0.1, 0.15) is 72.6 Å². The van der Waals surface area contributed by atoms with E-state index >= 15 is 0 Å². The number of rotatable bonds is 23. The molecule has 0 heterocycles. The van der Waals surface area contributed by atoms with Crippen LogP contribution in [-0.4, -0.2) is 68.3 Å². The van der Waals surface area contributed by atoms with E-state index in [2.05, 4.69) is 6.92 Å². The molecule has 0 radical (unpaired) electrons. The van der Waals surface area contributed by atoms with E-state index in [1.54, 1.807) is 0 Å². The van der Waals surface area contributed by atoms with E-state index in [1.165, 1.54) is 38.5 Å². The maximum atomic E-state index is 6.20. The summed E-state index contributed by atoms with van der Waals surface area (Å²) in [6.07, 6.45) is 8.78. The second-order valence-electron chi connectivity index (χ2n) is 6.69. The smallest absolute Gasteiger partial charge is 0.379 e. The third kappa shape index (κ3) is 16.9. The standard InChI is InChI=1S/C21H46O6Si/c1-5-9-10-11-12-13-14-21-28(25-18-15-22-6-2,26-19-16-23-7-3)27-20-17-24-8-4/h5-21H2,1-4H3. The Hall–Kier alpha value is -0.0231. The number of unbranched alkanes of at least 4 members (excludes halogenated alkanes) is 6. The normalized spacial score (nSPS) is 12.0. The van der Waals surface area contributed by atoms with Crippen LogP contribution in [0.3, 0.4) is 0 Å². The van der Waals surface area contributed by atoms with Crippen LogP contribution in [0.15, 0.2) is 0 Å². The van der Waals surface area contributed by atoms with Crippen molar-refractivity contribution >= 4 is 8.80 Å². The van der Waals surface area contributed by atoms with Gasteiger partial charge in [0.2, 0.25) is 0 Å². The van der Waals surface area contributed by atoms with E-state index in [-0.39, 0.29) is 0 Å². The SMILES string of the molecule is CCCCCCCCC[Si](OCCOCC)(OCCOCC)OCCOCC. The molecule has 0 saturated carbocycles. The largest absolute Gasteiger partial charge is 0.501 e. The molecule has 7 heteroatoms. The molecule has 0 aromatic carbocycles. The van der Waals surface area contributed by atoms with Crippen LogP contribution in [0.4, 0.5) is 0 Å². The van der Waals surface area contributed by atoms with E-state index in [4.69, 9.17) is 27.5 Å². The third-order valence-electron chi connectivity index (χ3n) is 4.35. The van der Waals surface area contributed by atoms with Gasteiger partial charge in [0.15, 0.2) is 0 Å². The lowest BCUT2D eigenvalue weighted by Gasteiger charge is -2.30. The second-order valence-corrected chi connectivity index (χ2v) is 9.42. The van der Waals surface area contributed by atoms with Gasteiger partial charge in [-0.05, 0) is 27.2 Å². The van der Waals surface area contributed by atoms with E-state index in [1.807, 2.05) is 20.8 Å². The highest BCUT2D eigenvalue weighted by Crippen LogP contribution is 2.21. The van der Waals surface area contributed by atoms with E-state index in [9.17, 15) is 0 Å². The summed E-state index contributed by atoms with van der Waals surface area (Å²) < 4.78 is 34.9. The Bertz CT molecular complexity index is 275.